The van der Waals surface area contributed by atoms with E-state index < -0.39 is 18.2 Å². The maximum Gasteiger partial charge on any atom is 0.407 e. The zero-order valence-corrected chi connectivity index (χ0v) is 18.5. The van der Waals surface area contributed by atoms with Gasteiger partial charge in [-0.25, -0.2) is 4.79 Å². The first-order valence-corrected chi connectivity index (χ1v) is 11.0. The average Bonchev–Trinajstić information content (AvgIpc) is 3.23. The monoisotopic (exact) mass is 444 g/mol. The Labute approximate surface area is 193 Å². The van der Waals surface area contributed by atoms with Crippen LogP contribution >= 0.6 is 0 Å². The smallest absolute Gasteiger partial charge is 0.407 e. The Kier molecular flexibility index (Phi) is 6.95. The number of rotatable bonds is 9. The van der Waals surface area contributed by atoms with E-state index in [0.29, 0.717) is 6.61 Å². The van der Waals surface area contributed by atoms with Crippen LogP contribution in [0, 0.1) is 0 Å². The highest BCUT2D eigenvalue weighted by Gasteiger charge is 2.26. The van der Waals surface area contributed by atoms with Crippen molar-refractivity contribution in [2.75, 3.05) is 20.2 Å². The highest BCUT2D eigenvalue weighted by atomic mass is 16.5. The van der Waals surface area contributed by atoms with Crippen LogP contribution in [-0.4, -0.2) is 52.1 Å². The number of aromatic nitrogens is 1. The molecule has 0 saturated heterocycles. The number of aliphatic hydroxyl groups excluding tert-OH is 1. The lowest BCUT2D eigenvalue weighted by Crippen LogP contribution is -2.38. The lowest BCUT2D eigenvalue weighted by atomic mass is 10.0. The fourth-order valence-corrected chi connectivity index (χ4v) is 4.08. The average molecular weight is 445 g/mol. The Balaban J connectivity index is 1.57. The number of ether oxygens (including phenoxy) is 1. The third-order valence-electron chi connectivity index (χ3n) is 5.79. The predicted octanol–water partition coefficient (Wildman–Crippen LogP) is 4.82. The summed E-state index contributed by atoms with van der Waals surface area (Å²) in [7, 11) is 1.46. The lowest BCUT2D eigenvalue weighted by Gasteiger charge is -2.28. The first-order valence-electron chi connectivity index (χ1n) is 11.0. The fourth-order valence-electron chi connectivity index (χ4n) is 4.08. The van der Waals surface area contributed by atoms with Gasteiger partial charge < -0.3 is 24.4 Å². The molecule has 4 rings (SSSR count). The summed E-state index contributed by atoms with van der Waals surface area (Å²) in [6.07, 6.45) is 0.765. The molecular weight excluding hydrogens is 416 g/mol. The van der Waals surface area contributed by atoms with Crippen LogP contribution in [0.2, 0.25) is 0 Å². The molecule has 0 aliphatic rings. The zero-order valence-electron chi connectivity index (χ0n) is 18.5. The van der Waals surface area contributed by atoms with E-state index in [0.717, 1.165) is 33.5 Å². The molecule has 6 heteroatoms. The minimum absolute atomic E-state index is 0.00471. The van der Waals surface area contributed by atoms with Gasteiger partial charge in [0.1, 0.15) is 5.75 Å². The topological polar surface area (TPSA) is 74.9 Å². The molecule has 170 valence electrons. The van der Waals surface area contributed by atoms with Gasteiger partial charge in [-0.2, -0.15) is 0 Å². The van der Waals surface area contributed by atoms with Crippen molar-refractivity contribution in [1.29, 1.82) is 0 Å². The van der Waals surface area contributed by atoms with Gasteiger partial charge in [-0.15, -0.1) is 0 Å². The number of hydrogen-bond acceptors (Lipinski definition) is 3. The molecule has 0 spiro atoms. The van der Waals surface area contributed by atoms with Gasteiger partial charge in [-0.05, 0) is 35.4 Å². The van der Waals surface area contributed by atoms with E-state index in [2.05, 4.69) is 12.1 Å². The molecular formula is C27H28N2O4. The maximum absolute atomic E-state index is 11.3. The van der Waals surface area contributed by atoms with Gasteiger partial charge in [0.15, 0.2) is 0 Å². The van der Waals surface area contributed by atoms with Crippen LogP contribution in [0.5, 0.6) is 5.75 Å². The van der Waals surface area contributed by atoms with E-state index in [9.17, 15) is 15.0 Å². The van der Waals surface area contributed by atoms with Crippen molar-refractivity contribution in [2.45, 2.75) is 18.6 Å². The molecule has 0 aliphatic carbocycles. The largest absolute Gasteiger partial charge is 0.493 e. The Morgan fingerprint density at radius 2 is 1.70 bits per heavy atom. The van der Waals surface area contributed by atoms with E-state index in [1.54, 1.807) is 0 Å². The fraction of sp³-hybridized carbons (Fsp3) is 0.222. The van der Waals surface area contributed by atoms with E-state index in [-0.39, 0.29) is 6.54 Å². The van der Waals surface area contributed by atoms with Crippen LogP contribution in [-0.2, 0) is 6.42 Å². The quantitative estimate of drug-likeness (QED) is 0.388. The Hall–Kier alpha value is -3.77. The molecule has 1 amide bonds. The molecule has 0 saturated carbocycles. The summed E-state index contributed by atoms with van der Waals surface area (Å²) in [6, 6.07) is 27.3. The Morgan fingerprint density at radius 3 is 2.39 bits per heavy atom. The Morgan fingerprint density at radius 1 is 1.00 bits per heavy atom. The van der Waals surface area contributed by atoms with Crippen LogP contribution in [0.4, 0.5) is 4.79 Å². The zero-order chi connectivity index (χ0) is 23.2. The number of hydrogen-bond donors (Lipinski definition) is 2. The van der Waals surface area contributed by atoms with Crippen LogP contribution in [0.3, 0.4) is 0 Å². The highest BCUT2D eigenvalue weighted by molar-refractivity contribution is 5.82. The first-order chi connectivity index (χ1) is 16.0. The molecule has 0 radical (unpaired) electrons. The molecule has 0 aliphatic heterocycles. The number of aliphatic hydroxyl groups is 1. The minimum Gasteiger partial charge on any atom is -0.493 e. The molecule has 0 unspecified atom stereocenters. The molecule has 1 aromatic heterocycles. The minimum atomic E-state index is -1.07. The van der Waals surface area contributed by atoms with E-state index >= 15 is 0 Å². The first kappa shape index (κ1) is 22.4. The molecule has 0 fully saturated rings. The summed E-state index contributed by atoms with van der Waals surface area (Å²) >= 11 is 0. The molecule has 4 aromatic rings. The highest BCUT2D eigenvalue weighted by Crippen LogP contribution is 2.30. The molecule has 2 N–H and O–H groups in total. The number of amides is 1. The molecule has 6 nitrogen and oxygen atoms in total. The number of nitrogens with zero attached hydrogens (tertiary/aromatic N) is 2. The van der Waals surface area contributed by atoms with Crippen LogP contribution in [0.25, 0.3) is 10.9 Å². The lowest BCUT2D eigenvalue weighted by molar-refractivity contribution is 0.0850. The number of likely N-dealkylation sites (N-methyl/N-ethyl adjacent to an activating group) is 1. The third kappa shape index (κ3) is 5.35. The van der Waals surface area contributed by atoms with Crippen LogP contribution < -0.4 is 4.74 Å². The van der Waals surface area contributed by atoms with E-state index in [1.807, 2.05) is 83.6 Å². The Bertz CT molecular complexity index is 1190. The van der Waals surface area contributed by atoms with Gasteiger partial charge in [0.2, 0.25) is 0 Å². The van der Waals surface area contributed by atoms with Gasteiger partial charge in [0.05, 0.1) is 25.3 Å². The van der Waals surface area contributed by atoms with Crippen molar-refractivity contribution < 1.29 is 19.7 Å². The second-order valence-electron chi connectivity index (χ2n) is 8.11. The predicted molar refractivity (Wildman–Crippen MR) is 129 cm³/mol. The van der Waals surface area contributed by atoms with Crippen molar-refractivity contribution in [3.05, 3.63) is 102 Å². The van der Waals surface area contributed by atoms with Crippen molar-refractivity contribution in [2.24, 2.45) is 0 Å². The normalized spacial score (nSPS) is 12.9. The molecule has 0 bridgehead atoms. The summed E-state index contributed by atoms with van der Waals surface area (Å²) in [6.45, 7) is 0.582. The summed E-state index contributed by atoms with van der Waals surface area (Å²) < 4.78 is 7.97. The second kappa shape index (κ2) is 10.2. The molecule has 33 heavy (non-hydrogen) atoms. The number of fused-ring (bicyclic) bond motifs is 1. The van der Waals surface area contributed by atoms with Crippen molar-refractivity contribution in [1.82, 2.24) is 9.47 Å². The number of carboxylic acid groups (broad SMARTS) is 1. The van der Waals surface area contributed by atoms with E-state index in [1.165, 1.54) is 12.6 Å². The summed E-state index contributed by atoms with van der Waals surface area (Å²) in [4.78, 5) is 12.4. The van der Waals surface area contributed by atoms with Gasteiger partial charge in [0, 0.05) is 30.6 Å². The SMILES string of the molecule is CN(C[C@@H](O)[C@H](c1ccccc1)n1ccc2cc(OCCc3ccccc3)ccc21)C(=O)O. The van der Waals surface area contributed by atoms with Crippen molar-refractivity contribution in [3.63, 3.8) is 0 Å². The molecule has 2 atom stereocenters. The third-order valence-corrected chi connectivity index (χ3v) is 5.79. The summed E-state index contributed by atoms with van der Waals surface area (Å²) in [5, 5.41) is 21.3. The molecule has 3 aromatic carbocycles. The summed E-state index contributed by atoms with van der Waals surface area (Å²) in [5.41, 5.74) is 3.08. The van der Waals surface area contributed by atoms with Gasteiger partial charge >= 0.3 is 6.09 Å². The van der Waals surface area contributed by atoms with Crippen molar-refractivity contribution >= 4 is 17.0 Å². The maximum atomic E-state index is 11.3. The summed E-state index contributed by atoms with van der Waals surface area (Å²) in [5.74, 6) is 0.790. The number of carbonyl (C=O) groups is 1. The number of benzene rings is 3. The van der Waals surface area contributed by atoms with Gasteiger partial charge in [0.25, 0.3) is 0 Å². The van der Waals surface area contributed by atoms with Crippen LogP contribution in [0.1, 0.15) is 17.2 Å². The standard InChI is InChI=1S/C27H28N2O4/c1-28(27(31)32)19-25(30)26(21-10-6-3-7-11-21)29-16-14-22-18-23(12-13-24(22)29)33-17-15-20-8-4-2-5-9-20/h2-14,16,18,25-26,30H,15,17,19H2,1H3,(H,31,32)/t25-,26+/m1/s1. The van der Waals surface area contributed by atoms with E-state index in [4.69, 9.17) is 4.74 Å². The van der Waals surface area contributed by atoms with Crippen LogP contribution in [0.15, 0.2) is 91.1 Å². The van der Waals surface area contributed by atoms with Crippen molar-refractivity contribution in [3.8, 4) is 5.75 Å². The molecule has 1 heterocycles. The van der Waals surface area contributed by atoms with Gasteiger partial charge in [-0.1, -0.05) is 60.7 Å². The van der Waals surface area contributed by atoms with Gasteiger partial charge in [-0.3, -0.25) is 0 Å². The second-order valence-corrected chi connectivity index (χ2v) is 8.11.